The van der Waals surface area contributed by atoms with Gasteiger partial charge in [-0.3, -0.25) is 0 Å². The molecule has 4 nitrogen and oxygen atoms in total. The van der Waals surface area contributed by atoms with Crippen molar-refractivity contribution in [2.24, 2.45) is 0 Å². The average Bonchev–Trinajstić information content (AvgIpc) is 2.48. The molecule has 20 heavy (non-hydrogen) atoms. The Morgan fingerprint density at radius 1 is 1.25 bits per heavy atom. The van der Waals surface area contributed by atoms with Crippen LogP contribution < -0.4 is 4.72 Å². The number of rotatable bonds is 5. The fourth-order valence-corrected chi connectivity index (χ4v) is 4.09. The van der Waals surface area contributed by atoms with Crippen molar-refractivity contribution < 1.29 is 8.42 Å². The van der Waals surface area contributed by atoms with Crippen LogP contribution in [0.3, 0.4) is 0 Å². The summed E-state index contributed by atoms with van der Waals surface area (Å²) < 4.78 is 27.5. The Kier molecular flexibility index (Phi) is 5.60. The Bertz CT molecular complexity index is 523. The predicted octanol–water partition coefficient (Wildman–Crippen LogP) is 2.34. The maximum absolute atomic E-state index is 12.3. The zero-order valence-electron chi connectivity index (χ0n) is 11.7. The molecule has 2 rings (SSSR count). The molecule has 1 aromatic carbocycles. The Hall–Kier alpha value is -0.430. The quantitative estimate of drug-likeness (QED) is 0.819. The number of benzene rings is 1. The van der Waals surface area contributed by atoms with Gasteiger partial charge in [-0.2, -0.15) is 0 Å². The summed E-state index contributed by atoms with van der Waals surface area (Å²) in [4.78, 5) is 2.69. The number of nitrogens with one attached hydrogen (secondary N) is 1. The number of hydrogen-bond donors (Lipinski definition) is 1. The van der Waals surface area contributed by atoms with Crippen molar-refractivity contribution in [3.05, 3.63) is 29.8 Å². The van der Waals surface area contributed by atoms with E-state index in [9.17, 15) is 8.42 Å². The highest BCUT2D eigenvalue weighted by Gasteiger charge is 2.23. The molecule has 1 saturated heterocycles. The third kappa shape index (κ3) is 4.04. The molecule has 0 saturated carbocycles. The van der Waals surface area contributed by atoms with Gasteiger partial charge in [0.25, 0.3) is 0 Å². The first-order chi connectivity index (χ1) is 9.55. The van der Waals surface area contributed by atoms with Gasteiger partial charge < -0.3 is 4.90 Å². The number of piperidine rings is 1. The lowest BCUT2D eigenvalue weighted by atomic mass is 10.1. The van der Waals surface area contributed by atoms with Crippen molar-refractivity contribution in [1.29, 1.82) is 0 Å². The first-order valence-corrected chi connectivity index (χ1v) is 9.55. The first kappa shape index (κ1) is 15.9. The third-order valence-electron chi connectivity index (χ3n) is 3.74. The summed E-state index contributed by atoms with van der Waals surface area (Å²) in [6.45, 7) is 5.10. The van der Waals surface area contributed by atoms with Crippen LogP contribution in [0.4, 0.5) is 0 Å². The summed E-state index contributed by atoms with van der Waals surface area (Å²) in [6, 6.07) is 7.06. The van der Waals surface area contributed by atoms with Gasteiger partial charge >= 0.3 is 0 Å². The molecule has 0 bridgehead atoms. The Morgan fingerprint density at radius 3 is 2.35 bits per heavy atom. The van der Waals surface area contributed by atoms with Crippen LogP contribution in [0.1, 0.15) is 25.3 Å². The van der Waals surface area contributed by atoms with Crippen molar-refractivity contribution in [1.82, 2.24) is 9.62 Å². The van der Waals surface area contributed by atoms with E-state index in [-0.39, 0.29) is 6.04 Å². The van der Waals surface area contributed by atoms with E-state index in [1.54, 1.807) is 12.1 Å². The highest BCUT2D eigenvalue weighted by atomic mass is 79.9. The molecule has 0 aromatic heterocycles. The van der Waals surface area contributed by atoms with E-state index in [1.165, 1.54) is 0 Å². The zero-order chi connectivity index (χ0) is 14.6. The SMILES string of the molecule is CCN1CCC(NS(=O)(=O)c2ccc(CBr)cc2)CC1. The molecule has 1 heterocycles. The second kappa shape index (κ2) is 7.02. The largest absolute Gasteiger partial charge is 0.303 e. The van der Waals surface area contributed by atoms with E-state index in [0.29, 0.717) is 4.90 Å². The van der Waals surface area contributed by atoms with Crippen LogP contribution in [-0.4, -0.2) is 39.0 Å². The highest BCUT2D eigenvalue weighted by molar-refractivity contribution is 9.08. The van der Waals surface area contributed by atoms with Gasteiger partial charge in [0.1, 0.15) is 0 Å². The lowest BCUT2D eigenvalue weighted by Gasteiger charge is -2.31. The Balaban J connectivity index is 2.00. The summed E-state index contributed by atoms with van der Waals surface area (Å²) >= 11 is 3.35. The fourth-order valence-electron chi connectivity index (χ4n) is 2.41. The molecule has 0 aliphatic carbocycles. The molecule has 6 heteroatoms. The lowest BCUT2D eigenvalue weighted by Crippen LogP contribution is -2.44. The van der Waals surface area contributed by atoms with E-state index in [0.717, 1.165) is 43.4 Å². The van der Waals surface area contributed by atoms with Crippen LogP contribution in [0.25, 0.3) is 0 Å². The van der Waals surface area contributed by atoms with Crippen LogP contribution >= 0.6 is 15.9 Å². The molecule has 1 aromatic rings. The summed E-state index contributed by atoms with van der Waals surface area (Å²) in [7, 11) is -3.39. The minimum Gasteiger partial charge on any atom is -0.303 e. The van der Waals surface area contributed by atoms with Crippen LogP contribution in [0.2, 0.25) is 0 Å². The van der Waals surface area contributed by atoms with E-state index in [1.807, 2.05) is 12.1 Å². The molecule has 0 unspecified atom stereocenters. The molecule has 0 radical (unpaired) electrons. The fraction of sp³-hybridized carbons (Fsp3) is 0.571. The second-order valence-corrected chi connectivity index (χ2v) is 7.38. The van der Waals surface area contributed by atoms with Crippen molar-refractivity contribution >= 4 is 26.0 Å². The highest BCUT2D eigenvalue weighted by Crippen LogP contribution is 2.16. The molecule has 1 aliphatic rings. The van der Waals surface area contributed by atoms with E-state index in [2.05, 4.69) is 32.5 Å². The summed E-state index contributed by atoms with van der Waals surface area (Å²) in [5.41, 5.74) is 1.07. The number of halogens is 1. The van der Waals surface area contributed by atoms with Crippen molar-refractivity contribution in [2.75, 3.05) is 19.6 Å². The zero-order valence-corrected chi connectivity index (χ0v) is 14.1. The number of hydrogen-bond acceptors (Lipinski definition) is 3. The van der Waals surface area contributed by atoms with Crippen molar-refractivity contribution in [3.8, 4) is 0 Å². The number of sulfonamides is 1. The van der Waals surface area contributed by atoms with E-state index >= 15 is 0 Å². The Labute approximate surface area is 129 Å². The molecule has 1 fully saturated rings. The standard InChI is InChI=1S/C14H21BrN2O2S/c1-2-17-9-7-13(8-10-17)16-20(18,19)14-5-3-12(11-15)4-6-14/h3-6,13,16H,2,7-11H2,1H3. The first-order valence-electron chi connectivity index (χ1n) is 6.94. The van der Waals surface area contributed by atoms with Gasteiger partial charge in [0.05, 0.1) is 4.90 Å². The predicted molar refractivity (Wildman–Crippen MR) is 84.5 cm³/mol. The molecule has 0 amide bonds. The molecule has 0 spiro atoms. The van der Waals surface area contributed by atoms with Crippen molar-refractivity contribution in [3.63, 3.8) is 0 Å². The van der Waals surface area contributed by atoms with E-state index in [4.69, 9.17) is 0 Å². The summed E-state index contributed by atoms with van der Waals surface area (Å²) in [5, 5.41) is 0.732. The van der Waals surface area contributed by atoms with Gasteiger partial charge in [-0.05, 0) is 50.2 Å². The van der Waals surface area contributed by atoms with E-state index < -0.39 is 10.0 Å². The second-order valence-electron chi connectivity index (χ2n) is 5.11. The van der Waals surface area contributed by atoms with Crippen LogP contribution in [0, 0.1) is 0 Å². The number of nitrogens with zero attached hydrogens (tertiary/aromatic N) is 1. The molecular weight excluding hydrogens is 340 g/mol. The minimum atomic E-state index is -3.39. The monoisotopic (exact) mass is 360 g/mol. The molecule has 0 atom stereocenters. The lowest BCUT2D eigenvalue weighted by molar-refractivity contribution is 0.217. The normalized spacial score (nSPS) is 18.3. The smallest absolute Gasteiger partial charge is 0.240 e. The minimum absolute atomic E-state index is 0.0543. The van der Waals surface area contributed by atoms with Gasteiger partial charge in [-0.25, -0.2) is 13.1 Å². The molecule has 1 aliphatic heterocycles. The maximum atomic E-state index is 12.3. The van der Waals surface area contributed by atoms with Crippen LogP contribution in [0.5, 0.6) is 0 Å². The third-order valence-corrected chi connectivity index (χ3v) is 5.93. The van der Waals surface area contributed by atoms with Crippen LogP contribution in [-0.2, 0) is 15.4 Å². The molecular formula is C14H21BrN2O2S. The summed E-state index contributed by atoms with van der Waals surface area (Å²) in [6.07, 6.45) is 1.76. The van der Waals surface area contributed by atoms with Crippen LogP contribution in [0.15, 0.2) is 29.2 Å². The maximum Gasteiger partial charge on any atom is 0.240 e. The van der Waals surface area contributed by atoms with Crippen molar-refractivity contribution in [2.45, 2.75) is 36.0 Å². The number of alkyl halides is 1. The topological polar surface area (TPSA) is 49.4 Å². The molecule has 1 N–H and O–H groups in total. The van der Waals surface area contributed by atoms with Gasteiger partial charge in [-0.1, -0.05) is 35.0 Å². The summed E-state index contributed by atoms with van der Waals surface area (Å²) in [5.74, 6) is 0. The average molecular weight is 361 g/mol. The Morgan fingerprint density at radius 2 is 1.85 bits per heavy atom. The molecule has 112 valence electrons. The van der Waals surface area contributed by atoms with Gasteiger partial charge in [0, 0.05) is 11.4 Å². The number of likely N-dealkylation sites (tertiary alicyclic amines) is 1. The van der Waals surface area contributed by atoms with Gasteiger partial charge in [-0.15, -0.1) is 0 Å². The van der Waals surface area contributed by atoms with Gasteiger partial charge in [0.15, 0.2) is 0 Å². The van der Waals surface area contributed by atoms with Gasteiger partial charge in [0.2, 0.25) is 10.0 Å².